The van der Waals surface area contributed by atoms with Gasteiger partial charge in [0, 0.05) is 18.8 Å². The summed E-state index contributed by atoms with van der Waals surface area (Å²) in [6.45, 7) is 1.97. The largest absolute Gasteiger partial charge is 0.396 e. The van der Waals surface area contributed by atoms with Crippen molar-refractivity contribution in [3.63, 3.8) is 0 Å². The highest BCUT2D eigenvalue weighted by atomic mass is 35.5. The molecule has 6 heteroatoms. The van der Waals surface area contributed by atoms with Gasteiger partial charge in [0.25, 0.3) is 0 Å². The fraction of sp³-hybridized carbons (Fsp3) is 0.462. The van der Waals surface area contributed by atoms with Gasteiger partial charge in [-0.2, -0.15) is 0 Å². The van der Waals surface area contributed by atoms with E-state index in [2.05, 4.69) is 5.32 Å². The molecule has 0 aliphatic carbocycles. The Morgan fingerprint density at radius 2 is 2.37 bits per heavy atom. The Kier molecular flexibility index (Phi) is 4.74. The Hall–Kier alpha value is -1.17. The zero-order chi connectivity index (χ0) is 13.8. The molecular weight excluding hydrogens is 271 g/mol. The Bertz CT molecular complexity index is 470. The Morgan fingerprint density at radius 3 is 3.00 bits per heavy atom. The summed E-state index contributed by atoms with van der Waals surface area (Å²) in [6.07, 6.45) is 0.909. The monoisotopic (exact) mass is 286 g/mol. The van der Waals surface area contributed by atoms with Gasteiger partial charge in [-0.15, -0.1) is 0 Å². The molecule has 1 unspecified atom stereocenters. The predicted octanol–water partition coefficient (Wildman–Crippen LogP) is 1.73. The van der Waals surface area contributed by atoms with E-state index in [1.165, 1.54) is 18.2 Å². The number of aliphatic hydroxyl groups is 1. The topological polar surface area (TPSA) is 52.6 Å². The van der Waals surface area contributed by atoms with Crippen LogP contribution in [0.1, 0.15) is 6.42 Å². The smallest absolute Gasteiger partial charge is 0.238 e. The van der Waals surface area contributed by atoms with Crippen LogP contribution in [0.5, 0.6) is 0 Å². The van der Waals surface area contributed by atoms with Gasteiger partial charge in [-0.3, -0.25) is 9.69 Å². The minimum atomic E-state index is -0.509. The van der Waals surface area contributed by atoms with E-state index in [-0.39, 0.29) is 30.0 Å². The van der Waals surface area contributed by atoms with Gasteiger partial charge in [0.2, 0.25) is 5.91 Å². The summed E-state index contributed by atoms with van der Waals surface area (Å²) in [6, 6.07) is 4.07. The van der Waals surface area contributed by atoms with Gasteiger partial charge < -0.3 is 10.4 Å². The second kappa shape index (κ2) is 6.32. The second-order valence-corrected chi connectivity index (χ2v) is 5.16. The quantitative estimate of drug-likeness (QED) is 0.886. The lowest BCUT2D eigenvalue weighted by Gasteiger charge is -2.15. The minimum Gasteiger partial charge on any atom is -0.396 e. The summed E-state index contributed by atoms with van der Waals surface area (Å²) >= 11 is 5.64. The predicted molar refractivity (Wildman–Crippen MR) is 71.7 cm³/mol. The van der Waals surface area contributed by atoms with Crippen molar-refractivity contribution < 1.29 is 14.3 Å². The SMILES string of the molecule is O=C(CN1CCC(CO)C1)Nc1ccc(F)c(Cl)c1. The molecule has 0 saturated carbocycles. The molecule has 0 bridgehead atoms. The molecule has 0 radical (unpaired) electrons. The van der Waals surface area contributed by atoms with Crippen molar-refractivity contribution in [2.45, 2.75) is 6.42 Å². The van der Waals surface area contributed by atoms with E-state index in [0.29, 0.717) is 5.69 Å². The van der Waals surface area contributed by atoms with Crippen LogP contribution in [0.15, 0.2) is 18.2 Å². The van der Waals surface area contributed by atoms with Crippen LogP contribution in [0.4, 0.5) is 10.1 Å². The van der Waals surface area contributed by atoms with Gasteiger partial charge in [-0.25, -0.2) is 4.39 Å². The third-order valence-electron chi connectivity index (χ3n) is 3.20. The number of halogens is 2. The summed E-state index contributed by atoms with van der Waals surface area (Å²) in [7, 11) is 0. The van der Waals surface area contributed by atoms with Crippen LogP contribution in [0.3, 0.4) is 0 Å². The molecule has 4 nitrogen and oxygen atoms in total. The molecule has 0 aromatic heterocycles. The lowest BCUT2D eigenvalue weighted by atomic mass is 10.1. The van der Waals surface area contributed by atoms with E-state index in [9.17, 15) is 9.18 Å². The lowest BCUT2D eigenvalue weighted by Crippen LogP contribution is -2.31. The van der Waals surface area contributed by atoms with Crippen LogP contribution < -0.4 is 5.32 Å². The number of benzene rings is 1. The molecule has 1 aromatic rings. The van der Waals surface area contributed by atoms with E-state index in [4.69, 9.17) is 16.7 Å². The molecule has 1 heterocycles. The van der Waals surface area contributed by atoms with Crippen LogP contribution in [-0.4, -0.2) is 42.2 Å². The first-order chi connectivity index (χ1) is 9.08. The standard InChI is InChI=1S/C13H16ClFN2O2/c14-11-5-10(1-2-12(11)15)16-13(19)7-17-4-3-9(6-17)8-18/h1-2,5,9,18H,3-4,6-8H2,(H,16,19). The van der Waals surface area contributed by atoms with Crippen LogP contribution in [-0.2, 0) is 4.79 Å². The van der Waals surface area contributed by atoms with Crippen molar-refractivity contribution in [3.8, 4) is 0 Å². The zero-order valence-electron chi connectivity index (χ0n) is 10.4. The molecule has 1 aromatic carbocycles. The maximum atomic E-state index is 13.0. The van der Waals surface area contributed by atoms with Crippen molar-refractivity contribution in [1.82, 2.24) is 4.90 Å². The number of hydrogen-bond donors (Lipinski definition) is 2. The molecular formula is C13H16ClFN2O2. The first-order valence-corrected chi connectivity index (χ1v) is 6.54. The molecule has 2 N–H and O–H groups in total. The highest BCUT2D eigenvalue weighted by molar-refractivity contribution is 6.31. The molecule has 1 amide bonds. The number of aliphatic hydroxyl groups excluding tert-OH is 1. The Balaban J connectivity index is 1.86. The first-order valence-electron chi connectivity index (χ1n) is 6.16. The first kappa shape index (κ1) is 14.2. The second-order valence-electron chi connectivity index (χ2n) is 4.75. The lowest BCUT2D eigenvalue weighted by molar-refractivity contribution is -0.117. The fourth-order valence-corrected chi connectivity index (χ4v) is 2.36. The normalized spacial score (nSPS) is 19.6. The van der Waals surface area contributed by atoms with E-state index in [0.717, 1.165) is 19.5 Å². The number of anilines is 1. The van der Waals surface area contributed by atoms with Crippen molar-refractivity contribution in [2.75, 3.05) is 31.6 Å². The summed E-state index contributed by atoms with van der Waals surface area (Å²) in [5, 5.41) is 11.7. The van der Waals surface area contributed by atoms with Crippen molar-refractivity contribution >= 4 is 23.2 Å². The third-order valence-corrected chi connectivity index (χ3v) is 3.49. The summed E-state index contributed by atoms with van der Waals surface area (Å²) in [5.41, 5.74) is 0.481. The maximum absolute atomic E-state index is 13.0. The maximum Gasteiger partial charge on any atom is 0.238 e. The molecule has 19 heavy (non-hydrogen) atoms. The van der Waals surface area contributed by atoms with Crippen molar-refractivity contribution in [2.24, 2.45) is 5.92 Å². The number of carbonyl (C=O) groups excluding carboxylic acids is 1. The molecule has 1 atom stereocenters. The number of carbonyl (C=O) groups is 1. The Morgan fingerprint density at radius 1 is 1.58 bits per heavy atom. The molecule has 1 aliphatic rings. The van der Waals surface area contributed by atoms with Gasteiger partial charge in [-0.05, 0) is 37.1 Å². The van der Waals surface area contributed by atoms with E-state index < -0.39 is 5.82 Å². The van der Waals surface area contributed by atoms with Crippen molar-refractivity contribution in [3.05, 3.63) is 29.0 Å². The Labute approximate surface area is 116 Å². The van der Waals surface area contributed by atoms with Crippen LogP contribution in [0.2, 0.25) is 5.02 Å². The zero-order valence-corrected chi connectivity index (χ0v) is 11.2. The third kappa shape index (κ3) is 3.89. The average Bonchev–Trinajstić information content (AvgIpc) is 2.81. The van der Waals surface area contributed by atoms with Gasteiger partial charge in [-0.1, -0.05) is 11.6 Å². The van der Waals surface area contributed by atoms with Gasteiger partial charge in [0.1, 0.15) is 5.82 Å². The summed E-state index contributed by atoms with van der Waals surface area (Å²) in [5.74, 6) is -0.417. The minimum absolute atomic E-state index is 0.0145. The molecule has 2 rings (SSSR count). The fourth-order valence-electron chi connectivity index (χ4n) is 2.18. The number of nitrogens with zero attached hydrogens (tertiary/aromatic N) is 1. The van der Waals surface area contributed by atoms with Crippen LogP contribution in [0.25, 0.3) is 0 Å². The van der Waals surface area contributed by atoms with E-state index >= 15 is 0 Å². The highest BCUT2D eigenvalue weighted by Crippen LogP contribution is 2.20. The van der Waals surface area contributed by atoms with Gasteiger partial charge in [0.15, 0.2) is 0 Å². The number of rotatable bonds is 4. The van der Waals surface area contributed by atoms with Gasteiger partial charge in [0.05, 0.1) is 11.6 Å². The van der Waals surface area contributed by atoms with E-state index in [1.807, 2.05) is 4.90 Å². The molecule has 1 saturated heterocycles. The summed E-state index contributed by atoms with van der Waals surface area (Å²) < 4.78 is 13.0. The number of amides is 1. The highest BCUT2D eigenvalue weighted by Gasteiger charge is 2.23. The van der Waals surface area contributed by atoms with Crippen molar-refractivity contribution in [1.29, 1.82) is 0 Å². The summed E-state index contributed by atoms with van der Waals surface area (Å²) in [4.78, 5) is 13.8. The average molecular weight is 287 g/mol. The molecule has 1 fully saturated rings. The van der Waals surface area contributed by atoms with Crippen LogP contribution in [0, 0.1) is 11.7 Å². The molecule has 104 valence electrons. The number of nitrogens with one attached hydrogen (secondary N) is 1. The number of likely N-dealkylation sites (tertiary alicyclic amines) is 1. The molecule has 0 spiro atoms. The molecule has 1 aliphatic heterocycles. The van der Waals surface area contributed by atoms with Gasteiger partial charge >= 0.3 is 0 Å². The number of hydrogen-bond acceptors (Lipinski definition) is 3. The van der Waals surface area contributed by atoms with E-state index in [1.54, 1.807) is 0 Å². The van der Waals surface area contributed by atoms with Crippen LogP contribution >= 0.6 is 11.6 Å².